The molecule has 0 radical (unpaired) electrons. The van der Waals surface area contributed by atoms with Crippen molar-refractivity contribution in [1.82, 2.24) is 4.90 Å². The van der Waals surface area contributed by atoms with E-state index in [1.54, 1.807) is 13.8 Å². The van der Waals surface area contributed by atoms with E-state index in [4.69, 9.17) is 4.74 Å². The number of rotatable bonds is 1. The number of piperidine rings is 1. The van der Waals surface area contributed by atoms with Gasteiger partial charge in [0.15, 0.2) is 0 Å². The third-order valence-corrected chi connectivity index (χ3v) is 2.24. The molecule has 1 unspecified atom stereocenters. The molecule has 0 bridgehead atoms. The predicted octanol–water partition coefficient (Wildman–Crippen LogP) is 3.38. The van der Waals surface area contributed by atoms with Crippen LogP contribution in [0.1, 0.15) is 47.5 Å². The number of carbonyl (C=O) groups is 1. The molecule has 0 N–H and O–H groups in total. The van der Waals surface area contributed by atoms with E-state index in [-0.39, 0.29) is 12.6 Å². The normalized spacial score (nSPS) is 24.8. The molecule has 1 aliphatic rings. The second-order valence-electron chi connectivity index (χ2n) is 4.37. The SMILES string of the molecule is CC.CC(C)OC(=O)N1CCCC(C)(F)C1. The van der Waals surface area contributed by atoms with Crippen molar-refractivity contribution >= 4 is 6.09 Å². The van der Waals surface area contributed by atoms with Crippen molar-refractivity contribution in [2.75, 3.05) is 13.1 Å². The van der Waals surface area contributed by atoms with Gasteiger partial charge in [-0.1, -0.05) is 13.8 Å². The van der Waals surface area contributed by atoms with Gasteiger partial charge in [0.1, 0.15) is 5.67 Å². The van der Waals surface area contributed by atoms with Crippen molar-refractivity contribution in [2.24, 2.45) is 0 Å². The van der Waals surface area contributed by atoms with E-state index in [0.29, 0.717) is 19.4 Å². The molecule has 4 heteroatoms. The Kier molecular flexibility index (Phi) is 6.38. The van der Waals surface area contributed by atoms with Crippen molar-refractivity contribution in [3.8, 4) is 0 Å². The summed E-state index contributed by atoms with van der Waals surface area (Å²) in [4.78, 5) is 12.9. The Bertz CT molecular complexity index is 217. The van der Waals surface area contributed by atoms with E-state index >= 15 is 0 Å². The predicted molar refractivity (Wildman–Crippen MR) is 63.3 cm³/mol. The second kappa shape index (κ2) is 6.71. The zero-order valence-electron chi connectivity index (χ0n) is 11.0. The molecule has 1 fully saturated rings. The average Bonchev–Trinajstić information content (AvgIpc) is 2.18. The molecule has 0 aliphatic carbocycles. The number of hydrogen-bond acceptors (Lipinski definition) is 2. The van der Waals surface area contributed by atoms with E-state index in [0.717, 1.165) is 0 Å². The quantitative estimate of drug-likeness (QED) is 0.695. The maximum atomic E-state index is 13.6. The van der Waals surface area contributed by atoms with Gasteiger partial charge in [0.2, 0.25) is 0 Å². The number of alkyl halides is 1. The van der Waals surface area contributed by atoms with Gasteiger partial charge in [0, 0.05) is 6.54 Å². The molecule has 1 atom stereocenters. The highest BCUT2D eigenvalue weighted by atomic mass is 19.1. The summed E-state index contributed by atoms with van der Waals surface area (Å²) in [6.07, 6.45) is 0.692. The fourth-order valence-electron chi connectivity index (χ4n) is 1.63. The van der Waals surface area contributed by atoms with Crippen LogP contribution in [0, 0.1) is 0 Å². The Hall–Kier alpha value is -0.800. The highest BCUT2D eigenvalue weighted by Gasteiger charge is 2.33. The van der Waals surface area contributed by atoms with E-state index in [2.05, 4.69) is 0 Å². The molecule has 1 amide bonds. The van der Waals surface area contributed by atoms with E-state index in [1.807, 2.05) is 13.8 Å². The fraction of sp³-hybridized carbons (Fsp3) is 0.917. The first-order valence-corrected chi connectivity index (χ1v) is 6.05. The highest BCUT2D eigenvalue weighted by Crippen LogP contribution is 2.24. The van der Waals surface area contributed by atoms with Gasteiger partial charge in [-0.2, -0.15) is 0 Å². The third-order valence-electron chi connectivity index (χ3n) is 2.24. The van der Waals surface area contributed by atoms with Crippen LogP contribution >= 0.6 is 0 Å². The summed E-state index contributed by atoms with van der Waals surface area (Å²) in [5.41, 5.74) is -1.26. The summed E-state index contributed by atoms with van der Waals surface area (Å²) < 4.78 is 18.6. The minimum atomic E-state index is -1.26. The van der Waals surface area contributed by atoms with Gasteiger partial charge in [0.25, 0.3) is 0 Å². The maximum absolute atomic E-state index is 13.6. The molecule has 0 saturated carbocycles. The van der Waals surface area contributed by atoms with Gasteiger partial charge in [0.05, 0.1) is 12.6 Å². The highest BCUT2D eigenvalue weighted by molar-refractivity contribution is 5.68. The molecular formula is C12H24FNO2. The van der Waals surface area contributed by atoms with Crippen LogP contribution in [0.3, 0.4) is 0 Å². The molecule has 0 spiro atoms. The van der Waals surface area contributed by atoms with Gasteiger partial charge in [-0.3, -0.25) is 0 Å². The number of halogens is 1. The van der Waals surface area contributed by atoms with Crippen molar-refractivity contribution in [3.05, 3.63) is 0 Å². The smallest absolute Gasteiger partial charge is 0.410 e. The zero-order valence-corrected chi connectivity index (χ0v) is 11.0. The first-order valence-electron chi connectivity index (χ1n) is 6.05. The van der Waals surface area contributed by atoms with Gasteiger partial charge < -0.3 is 9.64 Å². The monoisotopic (exact) mass is 233 g/mol. The summed E-state index contributed by atoms with van der Waals surface area (Å²) in [5.74, 6) is 0. The van der Waals surface area contributed by atoms with Crippen molar-refractivity contribution in [3.63, 3.8) is 0 Å². The van der Waals surface area contributed by atoms with Gasteiger partial charge in [-0.15, -0.1) is 0 Å². The lowest BCUT2D eigenvalue weighted by Gasteiger charge is -2.34. The molecule has 96 valence electrons. The molecule has 3 nitrogen and oxygen atoms in total. The van der Waals surface area contributed by atoms with Crippen LogP contribution in [0.5, 0.6) is 0 Å². The Morgan fingerprint density at radius 2 is 2.00 bits per heavy atom. The largest absolute Gasteiger partial charge is 0.447 e. The first kappa shape index (κ1) is 15.2. The average molecular weight is 233 g/mol. The summed E-state index contributed by atoms with van der Waals surface area (Å²) in [6.45, 7) is 9.86. The second-order valence-corrected chi connectivity index (χ2v) is 4.37. The van der Waals surface area contributed by atoms with E-state index < -0.39 is 11.8 Å². The lowest BCUT2D eigenvalue weighted by Crippen LogP contribution is -2.47. The molecule has 1 aliphatic heterocycles. The van der Waals surface area contributed by atoms with E-state index in [9.17, 15) is 9.18 Å². The summed E-state index contributed by atoms with van der Waals surface area (Å²) >= 11 is 0. The van der Waals surface area contributed by atoms with Crippen LogP contribution in [0.2, 0.25) is 0 Å². The summed E-state index contributed by atoms with van der Waals surface area (Å²) in [7, 11) is 0. The van der Waals surface area contributed by atoms with Gasteiger partial charge in [-0.05, 0) is 33.6 Å². The number of nitrogens with zero attached hydrogens (tertiary/aromatic N) is 1. The molecule has 1 saturated heterocycles. The van der Waals surface area contributed by atoms with Crippen molar-refractivity contribution < 1.29 is 13.9 Å². The van der Waals surface area contributed by atoms with Crippen molar-refractivity contribution in [1.29, 1.82) is 0 Å². The molecule has 16 heavy (non-hydrogen) atoms. The number of amides is 1. The minimum absolute atomic E-state index is 0.143. The third kappa shape index (κ3) is 5.33. The molecule has 1 rings (SSSR count). The Morgan fingerprint density at radius 1 is 1.44 bits per heavy atom. The molecular weight excluding hydrogens is 209 g/mol. The van der Waals surface area contributed by atoms with Crippen LogP contribution in [0.15, 0.2) is 0 Å². The summed E-state index contributed by atoms with van der Waals surface area (Å²) in [6, 6.07) is 0. The van der Waals surface area contributed by atoms with Crippen LogP contribution < -0.4 is 0 Å². The molecule has 1 heterocycles. The van der Waals surface area contributed by atoms with Crippen LogP contribution in [-0.2, 0) is 4.74 Å². The number of carbonyl (C=O) groups excluding carboxylic acids is 1. The van der Waals surface area contributed by atoms with Crippen LogP contribution in [-0.4, -0.2) is 35.9 Å². The number of ether oxygens (including phenoxy) is 1. The first-order chi connectivity index (χ1) is 7.41. The van der Waals surface area contributed by atoms with Crippen molar-refractivity contribution in [2.45, 2.75) is 59.2 Å². The van der Waals surface area contributed by atoms with Gasteiger partial charge in [-0.25, -0.2) is 9.18 Å². The van der Waals surface area contributed by atoms with Crippen LogP contribution in [0.25, 0.3) is 0 Å². The Balaban J connectivity index is 0.00000106. The molecule has 0 aromatic heterocycles. The zero-order chi connectivity index (χ0) is 12.8. The topological polar surface area (TPSA) is 29.5 Å². The maximum Gasteiger partial charge on any atom is 0.410 e. The number of hydrogen-bond donors (Lipinski definition) is 0. The Labute approximate surface area is 98.0 Å². The lowest BCUT2D eigenvalue weighted by molar-refractivity contribution is 0.0296. The standard InChI is InChI=1S/C10H18FNO2.C2H6/c1-8(2)14-9(13)12-6-4-5-10(3,11)7-12;1-2/h8H,4-7H2,1-3H3;1-2H3. The fourth-order valence-corrected chi connectivity index (χ4v) is 1.63. The lowest BCUT2D eigenvalue weighted by atomic mass is 9.97. The van der Waals surface area contributed by atoms with Gasteiger partial charge >= 0.3 is 6.09 Å². The minimum Gasteiger partial charge on any atom is -0.447 e. The number of likely N-dealkylation sites (tertiary alicyclic amines) is 1. The summed E-state index contributed by atoms with van der Waals surface area (Å²) in [5, 5.41) is 0. The van der Waals surface area contributed by atoms with Crippen LogP contribution in [0.4, 0.5) is 9.18 Å². The molecule has 0 aromatic carbocycles. The molecule has 0 aromatic rings. The Morgan fingerprint density at radius 3 is 2.44 bits per heavy atom. The van der Waals surface area contributed by atoms with E-state index in [1.165, 1.54) is 11.8 Å².